The zero-order valence-electron chi connectivity index (χ0n) is 12.7. The smallest absolute Gasteiger partial charge is 0.322 e. The Kier molecular flexibility index (Phi) is 10.1. The monoisotopic (exact) mass is 315 g/mol. The van der Waals surface area contributed by atoms with Gasteiger partial charge in [-0.15, -0.1) is 0 Å². The molecule has 0 amide bonds. The number of carboxylic acids is 1. The second-order valence-corrected chi connectivity index (χ2v) is 4.15. The lowest BCUT2D eigenvalue weighted by Crippen LogP contribution is -2.20. The Labute approximate surface area is 128 Å². The SMILES string of the molecule is CCOC(=O)CCC(=O)/C(=C\NCC(=O)O)CC(=O)OCC. The third-order valence-electron chi connectivity index (χ3n) is 2.39. The van der Waals surface area contributed by atoms with Gasteiger partial charge in [-0.3, -0.25) is 19.2 Å². The second-order valence-electron chi connectivity index (χ2n) is 4.15. The van der Waals surface area contributed by atoms with Gasteiger partial charge in [0.15, 0.2) is 5.78 Å². The first kappa shape index (κ1) is 19.6. The molecule has 2 N–H and O–H groups in total. The van der Waals surface area contributed by atoms with Crippen LogP contribution in [0, 0.1) is 0 Å². The van der Waals surface area contributed by atoms with Crippen LogP contribution in [0.1, 0.15) is 33.1 Å². The van der Waals surface area contributed by atoms with Crippen LogP contribution in [0.2, 0.25) is 0 Å². The van der Waals surface area contributed by atoms with E-state index in [1.165, 1.54) is 6.20 Å². The first-order chi connectivity index (χ1) is 10.4. The van der Waals surface area contributed by atoms with E-state index in [0.29, 0.717) is 0 Å². The van der Waals surface area contributed by atoms with Crippen molar-refractivity contribution in [1.82, 2.24) is 5.32 Å². The predicted molar refractivity (Wildman–Crippen MR) is 75.8 cm³/mol. The zero-order chi connectivity index (χ0) is 17.0. The second kappa shape index (κ2) is 11.3. The number of ketones is 1. The van der Waals surface area contributed by atoms with Crippen molar-refractivity contribution in [3.8, 4) is 0 Å². The van der Waals surface area contributed by atoms with Crippen LogP contribution in [0.5, 0.6) is 0 Å². The third-order valence-corrected chi connectivity index (χ3v) is 2.39. The van der Waals surface area contributed by atoms with Crippen LogP contribution >= 0.6 is 0 Å². The summed E-state index contributed by atoms with van der Waals surface area (Å²) in [6.45, 7) is 3.29. The van der Waals surface area contributed by atoms with E-state index >= 15 is 0 Å². The first-order valence-electron chi connectivity index (χ1n) is 6.89. The number of esters is 2. The summed E-state index contributed by atoms with van der Waals surface area (Å²) in [7, 11) is 0. The van der Waals surface area contributed by atoms with Crippen molar-refractivity contribution in [2.24, 2.45) is 0 Å². The molecule has 0 saturated heterocycles. The predicted octanol–water partition coefficient (Wildman–Crippen LogP) is 0.410. The molecule has 22 heavy (non-hydrogen) atoms. The molecule has 0 aromatic heterocycles. The fraction of sp³-hybridized carbons (Fsp3) is 0.571. The molecule has 0 aliphatic heterocycles. The van der Waals surface area contributed by atoms with Gasteiger partial charge >= 0.3 is 17.9 Å². The normalized spacial score (nSPS) is 10.7. The van der Waals surface area contributed by atoms with Crippen molar-refractivity contribution in [3.63, 3.8) is 0 Å². The van der Waals surface area contributed by atoms with Gasteiger partial charge in [-0.25, -0.2) is 0 Å². The number of carboxylic acid groups (broad SMARTS) is 1. The van der Waals surface area contributed by atoms with Crippen molar-refractivity contribution in [2.45, 2.75) is 33.1 Å². The Morgan fingerprint density at radius 1 is 1.00 bits per heavy atom. The summed E-state index contributed by atoms with van der Waals surface area (Å²) in [5, 5.41) is 11.0. The van der Waals surface area contributed by atoms with Crippen LogP contribution in [-0.2, 0) is 28.7 Å². The molecule has 0 aromatic rings. The zero-order valence-corrected chi connectivity index (χ0v) is 12.7. The molecule has 0 saturated carbocycles. The summed E-state index contributed by atoms with van der Waals surface area (Å²) in [5.41, 5.74) is 0.0593. The number of hydrogen-bond donors (Lipinski definition) is 2. The highest BCUT2D eigenvalue weighted by Gasteiger charge is 2.16. The Balaban J connectivity index is 4.66. The van der Waals surface area contributed by atoms with Crippen LogP contribution in [-0.4, -0.2) is 48.6 Å². The Hall–Kier alpha value is -2.38. The number of Topliss-reactive ketones (excluding diaryl/α,β-unsaturated/α-hetero) is 1. The fourth-order valence-electron chi connectivity index (χ4n) is 1.47. The van der Waals surface area contributed by atoms with Gasteiger partial charge in [0.2, 0.25) is 0 Å². The number of aliphatic carboxylic acids is 1. The highest BCUT2D eigenvalue weighted by Crippen LogP contribution is 2.09. The van der Waals surface area contributed by atoms with Gasteiger partial charge in [-0.2, -0.15) is 0 Å². The summed E-state index contributed by atoms with van der Waals surface area (Å²) in [5.74, 6) is -2.66. The van der Waals surface area contributed by atoms with E-state index in [0.717, 1.165) is 0 Å². The van der Waals surface area contributed by atoms with Crippen LogP contribution < -0.4 is 5.32 Å². The molecule has 0 spiro atoms. The first-order valence-corrected chi connectivity index (χ1v) is 6.89. The molecule has 0 bridgehead atoms. The van der Waals surface area contributed by atoms with Gasteiger partial charge in [-0.1, -0.05) is 0 Å². The minimum Gasteiger partial charge on any atom is -0.480 e. The number of nitrogens with one attached hydrogen (secondary N) is 1. The maximum atomic E-state index is 12.0. The Morgan fingerprint density at radius 2 is 1.59 bits per heavy atom. The van der Waals surface area contributed by atoms with Crippen molar-refractivity contribution in [3.05, 3.63) is 11.8 Å². The van der Waals surface area contributed by atoms with Crippen LogP contribution in [0.3, 0.4) is 0 Å². The van der Waals surface area contributed by atoms with Crippen LogP contribution in [0.4, 0.5) is 0 Å². The van der Waals surface area contributed by atoms with Gasteiger partial charge in [0.25, 0.3) is 0 Å². The number of carbonyl (C=O) groups is 4. The number of carbonyl (C=O) groups excluding carboxylic acids is 3. The highest BCUT2D eigenvalue weighted by atomic mass is 16.5. The lowest BCUT2D eigenvalue weighted by Gasteiger charge is -2.07. The molecule has 8 heteroatoms. The molecule has 0 rings (SSSR count). The quantitative estimate of drug-likeness (QED) is 0.415. The molecular formula is C14H21NO7. The molecular weight excluding hydrogens is 294 g/mol. The van der Waals surface area contributed by atoms with Gasteiger partial charge in [0.05, 0.1) is 26.1 Å². The molecule has 0 fully saturated rings. The fourth-order valence-corrected chi connectivity index (χ4v) is 1.47. The maximum absolute atomic E-state index is 12.0. The van der Waals surface area contributed by atoms with Gasteiger partial charge in [0.1, 0.15) is 6.54 Å². The van der Waals surface area contributed by atoms with Gasteiger partial charge in [0, 0.05) is 18.2 Å². The molecule has 0 aliphatic carbocycles. The minimum atomic E-state index is -1.11. The minimum absolute atomic E-state index is 0.0593. The van der Waals surface area contributed by atoms with Crippen molar-refractivity contribution >= 4 is 23.7 Å². The van der Waals surface area contributed by atoms with E-state index in [-0.39, 0.29) is 38.0 Å². The lowest BCUT2D eigenvalue weighted by atomic mass is 10.0. The molecule has 0 aromatic carbocycles. The molecule has 0 aliphatic rings. The average molecular weight is 315 g/mol. The molecule has 0 radical (unpaired) electrons. The third kappa shape index (κ3) is 9.51. The van der Waals surface area contributed by atoms with E-state index in [9.17, 15) is 19.2 Å². The van der Waals surface area contributed by atoms with Crippen LogP contribution in [0.25, 0.3) is 0 Å². The summed E-state index contributed by atoms with van der Waals surface area (Å²) in [4.78, 5) is 45.1. The van der Waals surface area contributed by atoms with Gasteiger partial charge < -0.3 is 19.9 Å². The topological polar surface area (TPSA) is 119 Å². The van der Waals surface area contributed by atoms with Crippen molar-refractivity contribution < 1.29 is 33.8 Å². The van der Waals surface area contributed by atoms with Crippen molar-refractivity contribution in [1.29, 1.82) is 0 Å². The number of ether oxygens (including phenoxy) is 2. The van der Waals surface area contributed by atoms with E-state index in [2.05, 4.69) is 5.32 Å². The summed E-state index contributed by atoms with van der Waals surface area (Å²) in [6.07, 6.45) is 0.644. The van der Waals surface area contributed by atoms with E-state index in [1.54, 1.807) is 13.8 Å². The standard InChI is InChI=1S/C14H21NO7/c1-3-21-13(19)6-5-11(16)10(7-14(20)22-4-2)8-15-9-12(17)18/h8,15H,3-7,9H2,1-2H3,(H,17,18)/b10-8-. The molecule has 124 valence electrons. The van der Waals surface area contributed by atoms with E-state index in [1.807, 2.05) is 0 Å². The Bertz CT molecular complexity index is 442. The Morgan fingerprint density at radius 3 is 2.14 bits per heavy atom. The summed E-state index contributed by atoms with van der Waals surface area (Å²) < 4.78 is 9.46. The van der Waals surface area contributed by atoms with E-state index < -0.39 is 30.2 Å². The largest absolute Gasteiger partial charge is 0.480 e. The molecule has 0 atom stereocenters. The van der Waals surface area contributed by atoms with E-state index in [4.69, 9.17) is 14.6 Å². The van der Waals surface area contributed by atoms with Crippen molar-refractivity contribution in [2.75, 3.05) is 19.8 Å². The molecule has 0 unspecified atom stereocenters. The summed E-state index contributed by atoms with van der Waals surface area (Å²) in [6, 6.07) is 0. The van der Waals surface area contributed by atoms with Gasteiger partial charge in [-0.05, 0) is 13.8 Å². The highest BCUT2D eigenvalue weighted by molar-refractivity contribution is 6.00. The maximum Gasteiger partial charge on any atom is 0.322 e. The molecule has 0 heterocycles. The molecule has 8 nitrogen and oxygen atoms in total. The lowest BCUT2D eigenvalue weighted by molar-refractivity contribution is -0.144. The number of hydrogen-bond acceptors (Lipinski definition) is 7. The number of rotatable bonds is 11. The van der Waals surface area contributed by atoms with Crippen LogP contribution in [0.15, 0.2) is 11.8 Å². The summed E-state index contributed by atoms with van der Waals surface area (Å²) >= 11 is 0. The average Bonchev–Trinajstić information content (AvgIpc) is 2.44.